The molecule has 0 fully saturated rings. The van der Waals surface area contributed by atoms with E-state index in [4.69, 9.17) is 18.1 Å². The molecule has 0 saturated heterocycles. The van der Waals surface area contributed by atoms with Crippen LogP contribution in [0.1, 0.15) is 40.0 Å². The second-order valence-corrected chi connectivity index (χ2v) is 2.17. The Hall–Kier alpha value is 0.563. The minimum absolute atomic E-state index is 0.300. The Labute approximate surface area is 103 Å². The summed E-state index contributed by atoms with van der Waals surface area (Å²) in [5.41, 5.74) is 0. The molecular weight excluding hydrogens is 263 g/mol. The summed E-state index contributed by atoms with van der Waals surface area (Å²) in [5, 5.41) is 23.6. The molecule has 0 unspecified atom stereocenters. The average molecular weight is 288 g/mol. The molecule has 0 spiro atoms. The Bertz CT molecular complexity index is 40.6. The van der Waals surface area contributed by atoms with Crippen LogP contribution in [0.2, 0.25) is 0 Å². The molecular formula is C9H24O4Zr. The number of aliphatic hydroxyl groups excluding tert-OH is 3. The first kappa shape index (κ1) is 24.0. The van der Waals surface area contributed by atoms with Gasteiger partial charge < -0.3 is 15.3 Å². The topological polar surface area (TPSA) is 77.8 Å². The van der Waals surface area contributed by atoms with Crippen LogP contribution < -0.4 is 0 Å². The van der Waals surface area contributed by atoms with Crippen LogP contribution >= 0.6 is 0 Å². The van der Waals surface area contributed by atoms with Gasteiger partial charge in [-0.05, 0) is 19.3 Å². The van der Waals surface area contributed by atoms with Gasteiger partial charge in [0.2, 0.25) is 0 Å². The molecule has 14 heavy (non-hydrogen) atoms. The third kappa shape index (κ3) is 132. The molecule has 0 atom stereocenters. The van der Waals surface area contributed by atoms with Gasteiger partial charge in [-0.15, -0.1) is 0 Å². The van der Waals surface area contributed by atoms with Gasteiger partial charge in [0.1, 0.15) is 0 Å². The van der Waals surface area contributed by atoms with Crippen LogP contribution in [0.3, 0.4) is 0 Å². The first-order valence-electron chi connectivity index (χ1n) is 4.77. The summed E-state index contributed by atoms with van der Waals surface area (Å²) in [6, 6.07) is 0. The van der Waals surface area contributed by atoms with Crippen molar-refractivity contribution in [3.05, 3.63) is 0 Å². The van der Waals surface area contributed by atoms with Crippen molar-refractivity contribution in [2.24, 2.45) is 0 Å². The van der Waals surface area contributed by atoms with Gasteiger partial charge in [-0.1, -0.05) is 20.8 Å². The van der Waals surface area contributed by atoms with Crippen molar-refractivity contribution in [1.82, 2.24) is 0 Å². The van der Waals surface area contributed by atoms with Gasteiger partial charge in [0.15, 0.2) is 0 Å². The number of rotatable bonds is 3. The SMILES string of the molecule is CCCO.CCCO.CCCO.[O]=[Zr]. The monoisotopic (exact) mass is 286 g/mol. The summed E-state index contributed by atoms with van der Waals surface area (Å²) in [6.07, 6.45) is 2.62. The van der Waals surface area contributed by atoms with Crippen molar-refractivity contribution in [3.63, 3.8) is 0 Å². The van der Waals surface area contributed by atoms with Crippen LogP contribution in [0.5, 0.6) is 0 Å². The summed E-state index contributed by atoms with van der Waals surface area (Å²) in [7, 11) is 0. The van der Waals surface area contributed by atoms with E-state index in [1.54, 1.807) is 0 Å². The fourth-order valence-corrected chi connectivity index (χ4v) is 0. The molecule has 0 saturated carbocycles. The predicted molar refractivity (Wildman–Crippen MR) is 52.8 cm³/mol. The molecule has 0 amide bonds. The summed E-state index contributed by atoms with van der Waals surface area (Å²) < 4.78 is 8.34. The van der Waals surface area contributed by atoms with E-state index in [1.165, 1.54) is 0 Å². The second kappa shape index (κ2) is 49.7. The van der Waals surface area contributed by atoms with E-state index in [1.807, 2.05) is 20.8 Å². The molecule has 0 aromatic carbocycles. The van der Waals surface area contributed by atoms with Gasteiger partial charge in [0.05, 0.1) is 0 Å². The van der Waals surface area contributed by atoms with Gasteiger partial charge >= 0.3 is 27.5 Å². The second-order valence-electron chi connectivity index (χ2n) is 2.17. The van der Waals surface area contributed by atoms with Crippen molar-refractivity contribution in [3.8, 4) is 0 Å². The van der Waals surface area contributed by atoms with Crippen molar-refractivity contribution in [1.29, 1.82) is 0 Å². The fraction of sp³-hybridized carbons (Fsp3) is 1.00. The van der Waals surface area contributed by atoms with Gasteiger partial charge in [-0.25, -0.2) is 0 Å². The van der Waals surface area contributed by atoms with Crippen LogP contribution in [0, 0.1) is 0 Å². The molecule has 0 aromatic rings. The third-order valence-electron chi connectivity index (χ3n) is 0.671. The Morgan fingerprint density at radius 2 is 0.786 bits per heavy atom. The van der Waals surface area contributed by atoms with E-state index >= 15 is 0 Å². The van der Waals surface area contributed by atoms with Crippen molar-refractivity contribution in [2.75, 3.05) is 19.8 Å². The number of aliphatic hydroxyl groups is 3. The Morgan fingerprint density at radius 1 is 0.714 bits per heavy atom. The predicted octanol–water partition coefficient (Wildman–Crippen LogP) is 1.04. The van der Waals surface area contributed by atoms with Crippen LogP contribution in [0.4, 0.5) is 0 Å². The van der Waals surface area contributed by atoms with E-state index in [-0.39, 0.29) is 0 Å². The summed E-state index contributed by atoms with van der Waals surface area (Å²) in [5.74, 6) is 0. The first-order valence-corrected chi connectivity index (χ1v) is 5.78. The van der Waals surface area contributed by atoms with Gasteiger partial charge in [0.25, 0.3) is 0 Å². The molecule has 0 aliphatic rings. The molecule has 0 aliphatic heterocycles. The molecule has 4 nitrogen and oxygen atoms in total. The minimum atomic E-state index is 0.300. The van der Waals surface area contributed by atoms with Gasteiger partial charge in [0, 0.05) is 19.8 Å². The zero-order chi connectivity index (χ0) is 12.2. The maximum atomic E-state index is 8.34. The standard InChI is InChI=1S/3C3H8O.O.Zr/c3*1-2-3-4;;/h3*4H,2-3H2,1H3;;. The Morgan fingerprint density at radius 3 is 0.786 bits per heavy atom. The van der Waals surface area contributed by atoms with Crippen LogP contribution in [0.15, 0.2) is 0 Å². The molecule has 0 bridgehead atoms. The first-order chi connectivity index (χ1) is 6.74. The van der Waals surface area contributed by atoms with E-state index in [0.29, 0.717) is 44.5 Å². The van der Waals surface area contributed by atoms with Crippen LogP contribution in [-0.4, -0.2) is 35.1 Å². The third-order valence-corrected chi connectivity index (χ3v) is 0.671. The molecule has 3 N–H and O–H groups in total. The molecule has 0 heterocycles. The van der Waals surface area contributed by atoms with E-state index in [0.717, 1.165) is 19.3 Å². The van der Waals surface area contributed by atoms with E-state index in [2.05, 4.69) is 0 Å². The van der Waals surface area contributed by atoms with Crippen molar-refractivity contribution >= 4 is 0 Å². The molecule has 0 radical (unpaired) electrons. The normalized spacial score (nSPS) is 6.64. The molecule has 5 heteroatoms. The molecule has 88 valence electrons. The van der Waals surface area contributed by atoms with E-state index < -0.39 is 0 Å². The molecule has 0 aliphatic carbocycles. The zero-order valence-electron chi connectivity index (χ0n) is 9.49. The van der Waals surface area contributed by atoms with Crippen molar-refractivity contribution in [2.45, 2.75) is 40.0 Å². The quantitative estimate of drug-likeness (QED) is 0.725. The number of hydrogen-bond donors (Lipinski definition) is 3. The van der Waals surface area contributed by atoms with Gasteiger partial charge in [-0.2, -0.15) is 0 Å². The molecule has 0 rings (SSSR count). The summed E-state index contributed by atoms with van der Waals surface area (Å²) >= 11 is 0.300. The number of hydrogen-bond acceptors (Lipinski definition) is 4. The van der Waals surface area contributed by atoms with E-state index in [9.17, 15) is 0 Å². The Balaban J connectivity index is -0.0000000492. The zero-order valence-corrected chi connectivity index (χ0v) is 12.0. The van der Waals surface area contributed by atoms with Crippen LogP contribution in [0.25, 0.3) is 0 Å². The average Bonchev–Trinajstić information content (AvgIpc) is 2.31. The van der Waals surface area contributed by atoms with Gasteiger partial charge in [-0.3, -0.25) is 0 Å². The van der Waals surface area contributed by atoms with Crippen molar-refractivity contribution < 1.29 is 42.9 Å². The Kier molecular flexibility index (Phi) is 85.2. The molecule has 0 aromatic heterocycles. The van der Waals surface area contributed by atoms with Crippen LogP contribution in [-0.2, 0) is 27.5 Å². The summed E-state index contributed by atoms with van der Waals surface area (Å²) in [6.45, 7) is 6.75. The maximum absolute atomic E-state index is 8.34. The summed E-state index contributed by atoms with van der Waals surface area (Å²) in [4.78, 5) is 0. The fourth-order valence-electron chi connectivity index (χ4n) is 0.